The molecule has 1 saturated carbocycles. The summed E-state index contributed by atoms with van der Waals surface area (Å²) in [6.07, 6.45) is 7.33. The van der Waals surface area contributed by atoms with Crippen molar-refractivity contribution in [2.75, 3.05) is 6.61 Å². The second-order valence-electron chi connectivity index (χ2n) is 5.30. The molecule has 1 atom stereocenters. The van der Waals surface area contributed by atoms with E-state index < -0.39 is 17.8 Å². The van der Waals surface area contributed by atoms with Gasteiger partial charge in [-0.1, -0.05) is 38.1 Å². The minimum absolute atomic E-state index is 0.373. The van der Waals surface area contributed by atoms with E-state index in [-0.39, 0.29) is 0 Å². The Bertz CT molecular complexity index is 475. The maximum atomic E-state index is 12.2. The van der Waals surface area contributed by atoms with Crippen molar-refractivity contribution in [2.45, 2.75) is 38.0 Å². The fraction of sp³-hybridized carbons (Fsp3) is 0.533. The zero-order valence-electron chi connectivity index (χ0n) is 11.8. The molecule has 0 aromatic carbocycles. The first-order valence-corrected chi connectivity index (χ1v) is 7.68. The third kappa shape index (κ3) is 4.46. The van der Waals surface area contributed by atoms with Gasteiger partial charge in [-0.15, -0.1) is 0 Å². The van der Waals surface area contributed by atoms with E-state index in [4.69, 9.17) is 4.74 Å². The van der Waals surface area contributed by atoms with Crippen LogP contribution in [0.2, 0.25) is 0 Å². The number of amides is 1. The van der Waals surface area contributed by atoms with Crippen LogP contribution in [0.3, 0.4) is 0 Å². The molecule has 0 bridgehead atoms. The number of carbonyl (C=O) groups is 2. The normalized spacial score (nSPS) is 17.0. The molecule has 1 aliphatic rings. The van der Waals surface area contributed by atoms with Gasteiger partial charge < -0.3 is 9.46 Å². The van der Waals surface area contributed by atoms with E-state index in [1.165, 1.54) is 19.3 Å². The minimum atomic E-state index is -1.06. The summed E-state index contributed by atoms with van der Waals surface area (Å²) in [6.45, 7) is 0.377. The zero-order valence-corrected chi connectivity index (χ0v) is 12.7. The Morgan fingerprint density at radius 1 is 1.33 bits per heavy atom. The van der Waals surface area contributed by atoms with Crippen molar-refractivity contribution < 1.29 is 14.3 Å². The monoisotopic (exact) mass is 308 g/mol. The van der Waals surface area contributed by atoms with Gasteiger partial charge >= 0.3 is 5.97 Å². The first-order chi connectivity index (χ1) is 10.2. The molecule has 1 aliphatic carbocycles. The number of esters is 1. The van der Waals surface area contributed by atoms with Crippen molar-refractivity contribution >= 4 is 24.7 Å². The van der Waals surface area contributed by atoms with Gasteiger partial charge in [-0.05, 0) is 30.9 Å². The summed E-state index contributed by atoms with van der Waals surface area (Å²) >= 11 is 3.73. The molecule has 1 fully saturated rings. The summed E-state index contributed by atoms with van der Waals surface area (Å²) < 4.78 is 7.54. The zero-order chi connectivity index (χ0) is 15.1. The summed E-state index contributed by atoms with van der Waals surface area (Å²) in [7, 11) is 0. The van der Waals surface area contributed by atoms with E-state index >= 15 is 0 Å². The van der Waals surface area contributed by atoms with E-state index in [1.807, 2.05) is 0 Å². The summed E-state index contributed by atoms with van der Waals surface area (Å²) in [5.41, 5.74) is 0.373. The standard InChI is InChI=1S/C15H20N2O3S/c18-14(17-21)13(12-8-4-5-9-16-12)15(19)20-10-11-6-2-1-3-7-11/h4-5,8-9,11,13,21H,1-3,6-7,10H2,(H,17,18). The molecule has 5 nitrogen and oxygen atoms in total. The average molecular weight is 308 g/mol. The fourth-order valence-electron chi connectivity index (χ4n) is 2.61. The molecule has 1 aromatic rings. The maximum absolute atomic E-state index is 12.2. The van der Waals surface area contributed by atoms with Crippen LogP contribution < -0.4 is 4.72 Å². The quantitative estimate of drug-likeness (QED) is 0.497. The number of nitrogens with one attached hydrogen (secondary N) is 1. The second-order valence-corrected chi connectivity index (χ2v) is 5.52. The molecule has 0 saturated heterocycles. The highest BCUT2D eigenvalue weighted by atomic mass is 32.1. The molecule has 21 heavy (non-hydrogen) atoms. The van der Waals surface area contributed by atoms with Crippen LogP contribution >= 0.6 is 12.8 Å². The topological polar surface area (TPSA) is 68.3 Å². The van der Waals surface area contributed by atoms with Gasteiger partial charge in [-0.2, -0.15) is 0 Å². The lowest BCUT2D eigenvalue weighted by Crippen LogP contribution is -2.32. The molecule has 2 rings (SSSR count). The van der Waals surface area contributed by atoms with Gasteiger partial charge in [-0.3, -0.25) is 14.6 Å². The van der Waals surface area contributed by atoms with Crippen molar-refractivity contribution in [3.63, 3.8) is 0 Å². The molecule has 1 amide bonds. The molecule has 1 unspecified atom stereocenters. The molecule has 1 N–H and O–H groups in total. The van der Waals surface area contributed by atoms with Gasteiger partial charge in [0.25, 0.3) is 0 Å². The number of aromatic nitrogens is 1. The molecule has 0 spiro atoms. The molecule has 1 heterocycles. The van der Waals surface area contributed by atoms with Gasteiger partial charge in [0.15, 0.2) is 5.92 Å². The number of pyridine rings is 1. The van der Waals surface area contributed by atoms with Gasteiger partial charge in [-0.25, -0.2) is 0 Å². The fourth-order valence-corrected chi connectivity index (χ4v) is 2.74. The maximum Gasteiger partial charge on any atom is 0.324 e. The Hall–Kier alpha value is -1.56. The summed E-state index contributed by atoms with van der Waals surface area (Å²) in [5, 5.41) is 0. The molecular weight excluding hydrogens is 288 g/mol. The van der Waals surface area contributed by atoms with E-state index in [2.05, 4.69) is 22.5 Å². The number of hydrogen-bond donors (Lipinski definition) is 2. The third-order valence-corrected chi connectivity index (χ3v) is 4.00. The second kappa shape index (κ2) is 8.02. The van der Waals surface area contributed by atoms with E-state index in [1.54, 1.807) is 24.4 Å². The Morgan fingerprint density at radius 2 is 2.10 bits per heavy atom. The molecule has 1 aromatic heterocycles. The molecular formula is C15H20N2O3S. The van der Waals surface area contributed by atoms with Crippen molar-refractivity contribution in [1.82, 2.24) is 9.71 Å². The van der Waals surface area contributed by atoms with Gasteiger partial charge in [0, 0.05) is 6.20 Å². The highest BCUT2D eigenvalue weighted by Crippen LogP contribution is 2.24. The third-order valence-electron chi connectivity index (χ3n) is 3.78. The van der Waals surface area contributed by atoms with Crippen LogP contribution in [0.15, 0.2) is 24.4 Å². The summed E-state index contributed by atoms with van der Waals surface area (Å²) in [6, 6.07) is 5.09. The van der Waals surface area contributed by atoms with Crippen LogP contribution in [-0.4, -0.2) is 23.5 Å². The highest BCUT2D eigenvalue weighted by Gasteiger charge is 2.31. The smallest absolute Gasteiger partial charge is 0.324 e. The first-order valence-electron chi connectivity index (χ1n) is 7.24. The predicted molar refractivity (Wildman–Crippen MR) is 81.6 cm³/mol. The minimum Gasteiger partial charge on any atom is -0.465 e. The van der Waals surface area contributed by atoms with Crippen LogP contribution in [0.4, 0.5) is 0 Å². The SMILES string of the molecule is O=C(NS)C(C(=O)OCC1CCCCC1)c1ccccn1. The number of thiol groups is 1. The van der Waals surface area contributed by atoms with Crippen molar-refractivity contribution in [1.29, 1.82) is 0 Å². The van der Waals surface area contributed by atoms with Crippen LogP contribution in [0, 0.1) is 5.92 Å². The van der Waals surface area contributed by atoms with Gasteiger partial charge in [0.05, 0.1) is 12.3 Å². The van der Waals surface area contributed by atoms with Crippen LogP contribution in [0.1, 0.15) is 43.7 Å². The van der Waals surface area contributed by atoms with E-state index in [0.29, 0.717) is 18.2 Å². The largest absolute Gasteiger partial charge is 0.465 e. The lowest BCUT2D eigenvalue weighted by atomic mass is 9.90. The highest BCUT2D eigenvalue weighted by molar-refractivity contribution is 7.78. The number of hydrogen-bond acceptors (Lipinski definition) is 5. The lowest BCUT2D eigenvalue weighted by Gasteiger charge is -2.22. The van der Waals surface area contributed by atoms with Crippen LogP contribution in [0.25, 0.3) is 0 Å². The molecule has 0 radical (unpaired) electrons. The van der Waals surface area contributed by atoms with Crippen molar-refractivity contribution in [3.8, 4) is 0 Å². The Kier molecular flexibility index (Phi) is 6.04. The lowest BCUT2D eigenvalue weighted by molar-refractivity contribution is -0.150. The number of carbonyl (C=O) groups excluding carboxylic acids is 2. The van der Waals surface area contributed by atoms with E-state index in [0.717, 1.165) is 12.8 Å². The summed E-state index contributed by atoms with van der Waals surface area (Å²) in [4.78, 5) is 28.2. The number of ether oxygens (including phenoxy) is 1. The first kappa shape index (κ1) is 15.8. The molecule has 114 valence electrons. The van der Waals surface area contributed by atoms with E-state index in [9.17, 15) is 9.59 Å². The summed E-state index contributed by atoms with van der Waals surface area (Å²) in [5.74, 6) is -1.74. The van der Waals surface area contributed by atoms with Crippen molar-refractivity contribution in [3.05, 3.63) is 30.1 Å². The molecule has 0 aliphatic heterocycles. The van der Waals surface area contributed by atoms with Crippen molar-refractivity contribution in [2.24, 2.45) is 5.92 Å². The number of nitrogens with zero attached hydrogens (tertiary/aromatic N) is 1. The molecule has 6 heteroatoms. The Balaban J connectivity index is 1.99. The number of rotatable bonds is 5. The predicted octanol–water partition coefficient (Wildman–Crippen LogP) is 2.25. The van der Waals surface area contributed by atoms with Gasteiger partial charge in [0.2, 0.25) is 5.91 Å². The van der Waals surface area contributed by atoms with Gasteiger partial charge in [0.1, 0.15) is 0 Å². The Morgan fingerprint density at radius 3 is 2.71 bits per heavy atom. The Labute approximate surface area is 130 Å². The van der Waals surface area contributed by atoms with Crippen LogP contribution in [-0.2, 0) is 14.3 Å². The average Bonchev–Trinajstić information content (AvgIpc) is 2.55. The van der Waals surface area contributed by atoms with Crippen LogP contribution in [0.5, 0.6) is 0 Å².